The SMILES string of the molecule is CO.C[n+]1[nH]ccc1N=Nc1sc(N)nc1-c1cccnc1.Cn1nccc1N=Nc1sc(N=Nc2ccc(O)c(Cl)c2)nc1-c1cccnc1.I.O=N[O-].O=[P+]([O-])O[O-].Oc1ccccc1Cl.[HH].[Na+]. The summed E-state index contributed by atoms with van der Waals surface area (Å²) in [7, 11) is 1.49. The van der Waals surface area contributed by atoms with E-state index in [4.69, 9.17) is 64.0 Å². The molecule has 0 aliphatic heterocycles. The molecule has 1 atom stereocenters. The molecule has 8 aromatic rings. The number of nitrogens with zero attached hydrogens (tertiary/aromatic N) is 14. The van der Waals surface area contributed by atoms with Crippen LogP contribution in [0.2, 0.25) is 10.0 Å². The summed E-state index contributed by atoms with van der Waals surface area (Å²) in [5.74, 6) is 1.44. The van der Waals surface area contributed by atoms with Crippen molar-refractivity contribution in [2.75, 3.05) is 12.8 Å². The molecule has 2 aromatic carbocycles. The van der Waals surface area contributed by atoms with E-state index in [1.165, 1.54) is 34.8 Å². The molecule has 1 unspecified atom stereocenters. The molecule has 0 aliphatic rings. The van der Waals surface area contributed by atoms with Crippen molar-refractivity contribution in [1.82, 2.24) is 34.8 Å². The Bertz CT molecular complexity index is 2850. The third-order valence-electron chi connectivity index (χ3n) is 7.32. The summed E-state index contributed by atoms with van der Waals surface area (Å²) in [6, 6.07) is 22.3. The van der Waals surface area contributed by atoms with Gasteiger partial charge in [0.15, 0.2) is 21.0 Å². The standard InChI is InChI=1S/C18H13ClN8OS.C12H11N7S.C6H5ClO.CH4O.HI.HNO2.Na.HO4P.H2/c1-27-15(6-8-21-27)24-25-17-16(11-3-2-7-20-10-11)22-18(29-17)26-23-12-4-5-14(28)13(19)9-12;1-19-9(4-6-15-19)17-18-11-10(16-12(13)20-11)8-3-2-5-14-7-8;7-5-3-1-2-4-6(5)8;1-2;;2-1-3;;1-4-5(2)3;/h2-10,28H,1H3;2-7H,1H3,(H2,13,15,16,17);1-4,8H;2H,1H3;1H;(H,2,3);;1H;1H/q;;;;;;+1;;/p-1. The summed E-state index contributed by atoms with van der Waals surface area (Å²) < 4.78 is 14.7. The topological polar surface area (TPSA) is 375 Å². The number of pyridine rings is 2. The van der Waals surface area contributed by atoms with Gasteiger partial charge in [-0.1, -0.05) is 58.0 Å². The Balaban J connectivity index is 0.00000100. The molecule has 0 spiro atoms. The Morgan fingerprint density at radius 3 is 1.90 bits per heavy atom. The second kappa shape index (κ2) is 33.7. The maximum absolute atomic E-state index is 9.50. The van der Waals surface area contributed by atoms with Crippen LogP contribution in [0.15, 0.2) is 152 Å². The zero-order chi connectivity index (χ0) is 49.1. The van der Waals surface area contributed by atoms with E-state index in [9.17, 15) is 5.11 Å². The van der Waals surface area contributed by atoms with Crippen molar-refractivity contribution in [1.29, 1.82) is 0 Å². The van der Waals surface area contributed by atoms with Crippen LogP contribution in [0.3, 0.4) is 0 Å². The molecule has 0 saturated heterocycles. The zero-order valence-corrected chi connectivity index (χ0v) is 44.4. The minimum atomic E-state index is -3.15. The van der Waals surface area contributed by atoms with Crippen LogP contribution in [0.5, 0.6) is 11.5 Å². The summed E-state index contributed by atoms with van der Waals surface area (Å²) in [4.78, 5) is 33.9. The van der Waals surface area contributed by atoms with Gasteiger partial charge in [-0.25, -0.2) is 24.4 Å². The Labute approximate surface area is 450 Å². The average molecular weight is 1170 g/mol. The number of aromatic hydroxyl groups is 2. The van der Waals surface area contributed by atoms with Crippen molar-refractivity contribution in [3.63, 3.8) is 0 Å². The van der Waals surface area contributed by atoms with Gasteiger partial charge in [0.1, 0.15) is 29.9 Å². The molecule has 0 bridgehead atoms. The number of rotatable bonds is 9. The minimum absolute atomic E-state index is 0. The average Bonchev–Trinajstić information content (AvgIpc) is 4.15. The van der Waals surface area contributed by atoms with E-state index in [0.717, 1.165) is 23.6 Å². The van der Waals surface area contributed by atoms with Crippen molar-refractivity contribution >= 4 is 116 Å². The summed E-state index contributed by atoms with van der Waals surface area (Å²) in [6.45, 7) is 0. The van der Waals surface area contributed by atoms with Crippen molar-refractivity contribution in [3.05, 3.63) is 136 Å². The number of aliphatic hydroxyl groups excluding tert-OH is 1. The molecular weight excluding hydrogens is 1130 g/mol. The first-order valence-electron chi connectivity index (χ1n) is 17.9. The Morgan fingerprint density at radius 2 is 1.41 bits per heavy atom. The van der Waals surface area contributed by atoms with Gasteiger partial charge in [-0.15, -0.1) is 49.8 Å². The molecule has 25 nitrogen and oxygen atoms in total. The molecule has 0 amide bonds. The molecular formula is C37H37Cl2IN16NaO9PS2. The molecule has 0 aliphatic carbocycles. The molecule has 0 fully saturated rings. The van der Waals surface area contributed by atoms with Crippen LogP contribution in [0.4, 0.5) is 37.6 Å². The van der Waals surface area contributed by atoms with E-state index in [0.29, 0.717) is 54.0 Å². The quantitative estimate of drug-likeness (QED) is 0.0149. The number of anilines is 1. The number of aryl methyl sites for hydroxylation is 2. The maximum Gasteiger partial charge on any atom is 1.00 e. The molecule has 6 heterocycles. The molecule has 358 valence electrons. The molecule has 8 rings (SSSR count). The fourth-order valence-corrected chi connectivity index (χ4v) is 6.18. The van der Waals surface area contributed by atoms with Crippen molar-refractivity contribution in [3.8, 4) is 34.0 Å². The van der Waals surface area contributed by atoms with E-state index in [1.807, 2.05) is 37.4 Å². The predicted molar refractivity (Wildman–Crippen MR) is 263 cm³/mol. The number of aromatic amines is 1. The number of benzene rings is 2. The third kappa shape index (κ3) is 21.2. The van der Waals surface area contributed by atoms with E-state index in [1.54, 1.807) is 90.0 Å². The van der Waals surface area contributed by atoms with Crippen LogP contribution >= 0.6 is 78.1 Å². The molecule has 6 aromatic heterocycles. The van der Waals surface area contributed by atoms with E-state index >= 15 is 0 Å². The monoisotopic (exact) mass is 1160 g/mol. The van der Waals surface area contributed by atoms with Crippen LogP contribution in [0, 0.1) is 10.1 Å². The van der Waals surface area contributed by atoms with Gasteiger partial charge < -0.3 is 41.3 Å². The van der Waals surface area contributed by atoms with Crippen LogP contribution < -0.4 is 50.1 Å². The van der Waals surface area contributed by atoms with Crippen molar-refractivity contribution in [2.24, 2.45) is 50.1 Å². The van der Waals surface area contributed by atoms with Gasteiger partial charge in [0.25, 0.3) is 0 Å². The van der Waals surface area contributed by atoms with Gasteiger partial charge in [0, 0.05) is 63.8 Å². The first-order chi connectivity index (χ1) is 32.3. The summed E-state index contributed by atoms with van der Waals surface area (Å²) >= 11 is 13.9. The zero-order valence-electron chi connectivity index (χ0n) is 36.0. The fourth-order valence-electron chi connectivity index (χ4n) is 4.46. The van der Waals surface area contributed by atoms with E-state index < -0.39 is 8.25 Å². The van der Waals surface area contributed by atoms with E-state index in [2.05, 4.69) is 65.5 Å². The number of para-hydroxylation sites is 1. The minimum Gasteiger partial charge on any atom is -0.674 e. The number of nitrogen functional groups attached to an aromatic ring is 1. The first-order valence-corrected chi connectivity index (χ1v) is 21.4. The number of nitrogens with two attached hydrogens (primary N) is 1. The van der Waals surface area contributed by atoms with Crippen LogP contribution in [-0.2, 0) is 23.3 Å². The Hall–Kier alpha value is -5.73. The number of hydrogen-bond donors (Lipinski definition) is 5. The normalized spacial score (nSPS) is 10.3. The van der Waals surface area contributed by atoms with Gasteiger partial charge in [0.2, 0.25) is 5.13 Å². The summed E-state index contributed by atoms with van der Waals surface area (Å²) in [5.41, 5.74) is 9.22. The predicted octanol–water partition coefficient (Wildman–Crippen LogP) is 6.55. The summed E-state index contributed by atoms with van der Waals surface area (Å²) in [6.07, 6.45) is 10.2. The maximum atomic E-state index is 9.50. The molecule has 69 heavy (non-hydrogen) atoms. The largest absolute Gasteiger partial charge is 1.00 e. The van der Waals surface area contributed by atoms with Crippen LogP contribution in [0.1, 0.15) is 1.43 Å². The number of azo groups is 3. The Kier molecular flexibility index (Phi) is 29.9. The van der Waals surface area contributed by atoms with Gasteiger partial charge in [0.05, 0.1) is 33.1 Å². The van der Waals surface area contributed by atoms with E-state index in [-0.39, 0.29) is 71.5 Å². The number of hydrogen-bond acceptors (Lipinski definition) is 24. The number of H-pyrrole nitrogens is 1. The van der Waals surface area contributed by atoms with Crippen molar-refractivity contribution in [2.45, 2.75) is 0 Å². The second-order valence-electron chi connectivity index (χ2n) is 11.6. The first kappa shape index (κ1) is 61.3. The smallest absolute Gasteiger partial charge is 0.674 e. The Morgan fingerprint density at radius 1 is 0.826 bits per heavy atom. The molecule has 0 radical (unpaired) electrons. The van der Waals surface area contributed by atoms with Gasteiger partial charge in [-0.3, -0.25) is 9.97 Å². The second-order valence-corrected chi connectivity index (χ2v) is 15.0. The number of halogens is 3. The number of nitrogens with one attached hydrogen (secondary N) is 1. The number of aliphatic hydroxyl groups is 1. The fraction of sp³-hybridized carbons (Fsp3) is 0.0811. The van der Waals surface area contributed by atoms with Crippen molar-refractivity contribution < 1.29 is 70.4 Å². The molecule has 32 heteroatoms. The van der Waals surface area contributed by atoms with Gasteiger partial charge in [-0.05, 0) is 64.3 Å². The van der Waals surface area contributed by atoms with Crippen LogP contribution in [-0.4, -0.2) is 57.2 Å². The van der Waals surface area contributed by atoms with Gasteiger partial charge in [-0.2, -0.15) is 9.78 Å². The summed E-state index contributed by atoms with van der Waals surface area (Å²) in [5, 5.41) is 77.8. The van der Waals surface area contributed by atoms with Gasteiger partial charge >= 0.3 is 43.6 Å². The number of thiazole rings is 2. The number of aromatic nitrogens is 8. The number of phenols is 2. The molecule has 0 saturated carbocycles. The number of phenolic OH excluding ortho intramolecular Hbond substituents is 2. The van der Waals surface area contributed by atoms with Crippen LogP contribution in [0.25, 0.3) is 22.5 Å². The molecule has 6 N–H and O–H groups in total. The third-order valence-corrected chi connectivity index (χ3v) is 9.65.